The van der Waals surface area contributed by atoms with Crippen LogP contribution in [0.1, 0.15) is 24.5 Å². The minimum atomic E-state index is -0.252. The Morgan fingerprint density at radius 1 is 1.12 bits per heavy atom. The Morgan fingerprint density at radius 3 is 2.50 bits per heavy atom. The molecule has 1 atom stereocenters. The first-order valence-corrected chi connectivity index (χ1v) is 9.29. The minimum Gasteiger partial charge on any atom is -0.342 e. The molecule has 3 rings (SSSR count). The number of aryl methyl sites for hydroxylation is 1. The van der Waals surface area contributed by atoms with Gasteiger partial charge in [0.15, 0.2) is 0 Å². The topological polar surface area (TPSA) is 40.6 Å². The summed E-state index contributed by atoms with van der Waals surface area (Å²) in [5, 5.41) is 0. The standard InChI is InChI=1S/C22H26N2O2/c1-3-24(20-12-8-7-9-17(20)2)22(26)19-15-21(25)23(16-19)14-13-18-10-5-4-6-11-18/h4-12,19H,3,13-16H2,1-2H3. The van der Waals surface area contributed by atoms with E-state index in [9.17, 15) is 9.59 Å². The number of benzene rings is 2. The van der Waals surface area contributed by atoms with Crippen LogP contribution in [-0.2, 0) is 16.0 Å². The number of para-hydroxylation sites is 1. The first-order valence-electron chi connectivity index (χ1n) is 9.29. The molecule has 0 bridgehead atoms. The normalized spacial score (nSPS) is 16.8. The third kappa shape index (κ3) is 3.96. The molecule has 0 aromatic heterocycles. The van der Waals surface area contributed by atoms with Gasteiger partial charge in [0.2, 0.25) is 11.8 Å². The number of nitrogens with zero attached hydrogens (tertiary/aromatic N) is 2. The van der Waals surface area contributed by atoms with Crippen molar-refractivity contribution in [2.75, 3.05) is 24.5 Å². The van der Waals surface area contributed by atoms with Crippen molar-refractivity contribution in [1.29, 1.82) is 0 Å². The lowest BCUT2D eigenvalue weighted by atomic mass is 10.1. The maximum Gasteiger partial charge on any atom is 0.232 e. The van der Waals surface area contributed by atoms with Crippen LogP contribution >= 0.6 is 0 Å². The van der Waals surface area contributed by atoms with E-state index in [1.807, 2.05) is 66.1 Å². The van der Waals surface area contributed by atoms with Crippen LogP contribution in [0.4, 0.5) is 5.69 Å². The summed E-state index contributed by atoms with van der Waals surface area (Å²) in [6.45, 7) is 5.79. The second-order valence-electron chi connectivity index (χ2n) is 6.85. The van der Waals surface area contributed by atoms with Crippen molar-refractivity contribution in [3.8, 4) is 0 Å². The molecule has 1 aliphatic heterocycles. The van der Waals surface area contributed by atoms with E-state index in [0.29, 0.717) is 26.1 Å². The summed E-state index contributed by atoms with van der Waals surface area (Å²) >= 11 is 0. The van der Waals surface area contributed by atoms with Crippen molar-refractivity contribution >= 4 is 17.5 Å². The van der Waals surface area contributed by atoms with Crippen molar-refractivity contribution in [3.05, 3.63) is 65.7 Å². The molecule has 1 unspecified atom stereocenters. The van der Waals surface area contributed by atoms with Gasteiger partial charge in [-0.1, -0.05) is 48.5 Å². The molecule has 2 amide bonds. The number of hydrogen-bond acceptors (Lipinski definition) is 2. The van der Waals surface area contributed by atoms with Crippen molar-refractivity contribution < 1.29 is 9.59 Å². The van der Waals surface area contributed by atoms with Crippen LogP contribution < -0.4 is 4.90 Å². The van der Waals surface area contributed by atoms with Crippen molar-refractivity contribution in [2.45, 2.75) is 26.7 Å². The molecule has 136 valence electrons. The number of rotatable bonds is 6. The van der Waals surface area contributed by atoms with Crippen LogP contribution in [0, 0.1) is 12.8 Å². The average molecular weight is 350 g/mol. The van der Waals surface area contributed by atoms with Gasteiger partial charge < -0.3 is 9.80 Å². The Kier molecular flexibility index (Phi) is 5.71. The molecule has 0 saturated carbocycles. The van der Waals surface area contributed by atoms with Gasteiger partial charge in [-0.2, -0.15) is 0 Å². The van der Waals surface area contributed by atoms with Crippen molar-refractivity contribution in [3.63, 3.8) is 0 Å². The highest BCUT2D eigenvalue weighted by molar-refractivity contribution is 5.99. The highest BCUT2D eigenvalue weighted by Crippen LogP contribution is 2.26. The van der Waals surface area contributed by atoms with E-state index >= 15 is 0 Å². The van der Waals surface area contributed by atoms with Crippen molar-refractivity contribution in [1.82, 2.24) is 4.90 Å². The Balaban J connectivity index is 1.65. The molecule has 1 saturated heterocycles. The fourth-order valence-electron chi connectivity index (χ4n) is 3.59. The van der Waals surface area contributed by atoms with Gasteiger partial charge in [0, 0.05) is 31.7 Å². The quantitative estimate of drug-likeness (QED) is 0.801. The second kappa shape index (κ2) is 8.17. The number of amides is 2. The average Bonchev–Trinajstić information content (AvgIpc) is 3.03. The fourth-order valence-corrected chi connectivity index (χ4v) is 3.59. The SMILES string of the molecule is CCN(C(=O)C1CC(=O)N(CCc2ccccc2)C1)c1ccccc1C. The Hall–Kier alpha value is -2.62. The van der Waals surface area contributed by atoms with Gasteiger partial charge in [-0.15, -0.1) is 0 Å². The van der Waals surface area contributed by atoms with Gasteiger partial charge in [-0.25, -0.2) is 0 Å². The Labute approximate surface area is 155 Å². The summed E-state index contributed by atoms with van der Waals surface area (Å²) in [4.78, 5) is 29.1. The molecule has 0 spiro atoms. The molecule has 1 fully saturated rings. The molecule has 26 heavy (non-hydrogen) atoms. The summed E-state index contributed by atoms with van der Waals surface area (Å²) < 4.78 is 0. The first kappa shape index (κ1) is 18.2. The predicted molar refractivity (Wildman–Crippen MR) is 104 cm³/mol. The first-order chi connectivity index (χ1) is 12.6. The fraction of sp³-hybridized carbons (Fsp3) is 0.364. The van der Waals surface area contributed by atoms with Gasteiger partial charge in [-0.3, -0.25) is 9.59 Å². The maximum absolute atomic E-state index is 13.0. The van der Waals surface area contributed by atoms with Crippen LogP contribution in [0.15, 0.2) is 54.6 Å². The largest absolute Gasteiger partial charge is 0.342 e. The van der Waals surface area contributed by atoms with Gasteiger partial charge in [-0.05, 0) is 37.5 Å². The zero-order chi connectivity index (χ0) is 18.5. The van der Waals surface area contributed by atoms with E-state index in [0.717, 1.165) is 17.7 Å². The maximum atomic E-state index is 13.0. The number of carbonyl (C=O) groups excluding carboxylic acids is 2. The van der Waals surface area contributed by atoms with E-state index in [1.165, 1.54) is 5.56 Å². The third-order valence-electron chi connectivity index (χ3n) is 5.07. The summed E-state index contributed by atoms with van der Waals surface area (Å²) in [6.07, 6.45) is 1.14. The highest BCUT2D eigenvalue weighted by Gasteiger charge is 2.36. The number of anilines is 1. The molecule has 4 heteroatoms. The van der Waals surface area contributed by atoms with E-state index in [-0.39, 0.29) is 17.7 Å². The number of likely N-dealkylation sites (tertiary alicyclic amines) is 1. The van der Waals surface area contributed by atoms with E-state index in [2.05, 4.69) is 12.1 Å². The molecule has 2 aromatic rings. The molecule has 0 radical (unpaired) electrons. The molecular weight excluding hydrogens is 324 g/mol. The zero-order valence-electron chi connectivity index (χ0n) is 15.5. The molecule has 0 aliphatic carbocycles. The number of carbonyl (C=O) groups is 2. The molecule has 1 heterocycles. The number of hydrogen-bond donors (Lipinski definition) is 0. The summed E-state index contributed by atoms with van der Waals surface area (Å²) in [7, 11) is 0. The van der Waals surface area contributed by atoms with E-state index in [1.54, 1.807) is 0 Å². The van der Waals surface area contributed by atoms with Gasteiger partial charge in [0.25, 0.3) is 0 Å². The lowest BCUT2D eigenvalue weighted by Gasteiger charge is -2.26. The lowest BCUT2D eigenvalue weighted by molar-refractivity contribution is -0.128. The monoisotopic (exact) mass is 350 g/mol. The van der Waals surface area contributed by atoms with Crippen molar-refractivity contribution in [2.24, 2.45) is 5.92 Å². The summed E-state index contributed by atoms with van der Waals surface area (Å²) in [6, 6.07) is 18.1. The van der Waals surface area contributed by atoms with Crippen LogP contribution in [0.25, 0.3) is 0 Å². The Bertz CT molecular complexity index is 773. The predicted octanol–water partition coefficient (Wildman–Crippen LogP) is 3.44. The van der Waals surface area contributed by atoms with Gasteiger partial charge in [0.05, 0.1) is 5.92 Å². The van der Waals surface area contributed by atoms with E-state index < -0.39 is 0 Å². The van der Waals surface area contributed by atoms with Crippen LogP contribution in [-0.4, -0.2) is 36.3 Å². The molecular formula is C22H26N2O2. The van der Waals surface area contributed by atoms with Gasteiger partial charge in [0.1, 0.15) is 0 Å². The molecule has 1 aliphatic rings. The zero-order valence-corrected chi connectivity index (χ0v) is 15.5. The van der Waals surface area contributed by atoms with Crippen LogP contribution in [0.2, 0.25) is 0 Å². The smallest absolute Gasteiger partial charge is 0.232 e. The van der Waals surface area contributed by atoms with Crippen LogP contribution in [0.5, 0.6) is 0 Å². The lowest BCUT2D eigenvalue weighted by Crippen LogP contribution is -2.38. The third-order valence-corrected chi connectivity index (χ3v) is 5.07. The summed E-state index contributed by atoms with van der Waals surface area (Å²) in [5.74, 6) is -0.115. The second-order valence-corrected chi connectivity index (χ2v) is 6.85. The molecule has 2 aromatic carbocycles. The van der Waals surface area contributed by atoms with Crippen LogP contribution in [0.3, 0.4) is 0 Å². The molecule has 4 nitrogen and oxygen atoms in total. The highest BCUT2D eigenvalue weighted by atomic mass is 16.2. The van der Waals surface area contributed by atoms with E-state index in [4.69, 9.17) is 0 Å². The van der Waals surface area contributed by atoms with Gasteiger partial charge >= 0.3 is 0 Å². The molecule has 0 N–H and O–H groups in total. The minimum absolute atomic E-state index is 0.0531. The summed E-state index contributed by atoms with van der Waals surface area (Å²) in [5.41, 5.74) is 3.23. The Morgan fingerprint density at radius 2 is 1.81 bits per heavy atom.